The molecule has 4 fully saturated rings. The number of hydroxylamine groups is 3. The van der Waals surface area contributed by atoms with Crippen LogP contribution in [0.2, 0.25) is 0 Å². The van der Waals surface area contributed by atoms with Gasteiger partial charge in [-0.2, -0.15) is 26.7 Å². The number of hydrogen-bond donors (Lipinski definition) is 4. The molecule has 4 heterocycles. The summed E-state index contributed by atoms with van der Waals surface area (Å²) in [5.74, 6) is -3.23. The SMILES string of the molecule is O=C(NOC[C@H]1C[C@@H](N2CCOCC2)CN1)[C@@H]1CC[C@@H]2CN1C(=O)N2OS(=O)(=O)O.O=C(O)C(F)(F)F. The number of nitrogens with zero attached hydrogens (tertiary/aromatic N) is 3. The topological polar surface area (TPSA) is 187 Å². The summed E-state index contributed by atoms with van der Waals surface area (Å²) >= 11 is 0. The Morgan fingerprint density at radius 3 is 2.43 bits per heavy atom. The summed E-state index contributed by atoms with van der Waals surface area (Å²) in [6.07, 6.45) is -3.48. The minimum Gasteiger partial charge on any atom is -0.475 e. The first-order valence-corrected chi connectivity index (χ1v) is 12.7. The molecule has 0 saturated carbocycles. The molecule has 37 heavy (non-hydrogen) atoms. The number of aliphatic carboxylic acids is 1. The van der Waals surface area contributed by atoms with Gasteiger partial charge in [0, 0.05) is 38.3 Å². The van der Waals surface area contributed by atoms with Gasteiger partial charge in [0.15, 0.2) is 0 Å². The molecule has 4 rings (SSSR count). The second-order valence-corrected chi connectivity index (χ2v) is 9.74. The van der Waals surface area contributed by atoms with E-state index in [9.17, 15) is 31.2 Å². The molecule has 15 nitrogen and oxygen atoms in total. The smallest absolute Gasteiger partial charge is 0.475 e. The van der Waals surface area contributed by atoms with Gasteiger partial charge in [0.2, 0.25) is 0 Å². The van der Waals surface area contributed by atoms with Crippen molar-refractivity contribution >= 4 is 28.3 Å². The van der Waals surface area contributed by atoms with Crippen LogP contribution in [0.5, 0.6) is 0 Å². The summed E-state index contributed by atoms with van der Waals surface area (Å²) in [7, 11) is -4.82. The van der Waals surface area contributed by atoms with E-state index in [2.05, 4.69) is 20.0 Å². The molecular weight excluding hydrogens is 535 g/mol. The Bertz CT molecular complexity index is 949. The predicted molar refractivity (Wildman–Crippen MR) is 114 cm³/mol. The molecule has 212 valence electrons. The van der Waals surface area contributed by atoms with Crippen molar-refractivity contribution < 1.29 is 59.5 Å². The molecule has 0 aromatic carbocycles. The lowest BCUT2D eigenvalue weighted by Gasteiger charge is -2.31. The third-order valence-corrected chi connectivity index (χ3v) is 6.61. The standard InChI is InChI=1S/C16H27N5O8S.C2HF3O2/c22-15(14-2-1-12-9-20(14)16(23)21(12)29-30(24,25)26)18-28-10-11-7-13(8-17-11)19-3-5-27-6-4-19;3-2(4,5)1(6)7/h11-14,17H,1-10H2,(H,18,22)(H,24,25,26);(H,6,7)/t11-,12-,13-,14+;/m1./s1. The lowest BCUT2D eigenvalue weighted by Crippen LogP contribution is -2.50. The number of hydrogen-bond acceptors (Lipinski definition) is 10. The highest BCUT2D eigenvalue weighted by molar-refractivity contribution is 7.80. The first kappa shape index (κ1) is 29.3. The Morgan fingerprint density at radius 1 is 1.19 bits per heavy atom. The molecule has 0 spiro atoms. The van der Waals surface area contributed by atoms with E-state index < -0.39 is 46.6 Å². The molecular formula is C18H28F3N5O10S. The number of carbonyl (C=O) groups is 3. The van der Waals surface area contributed by atoms with Gasteiger partial charge in [-0.1, -0.05) is 0 Å². The second-order valence-electron chi connectivity index (χ2n) is 8.73. The van der Waals surface area contributed by atoms with Gasteiger partial charge >= 0.3 is 28.6 Å². The van der Waals surface area contributed by atoms with E-state index in [1.807, 2.05) is 0 Å². The van der Waals surface area contributed by atoms with Crippen LogP contribution in [0.1, 0.15) is 19.3 Å². The van der Waals surface area contributed by atoms with Crippen LogP contribution in [0.15, 0.2) is 0 Å². The van der Waals surface area contributed by atoms with Crippen LogP contribution in [0.25, 0.3) is 0 Å². The summed E-state index contributed by atoms with van der Waals surface area (Å²) in [4.78, 5) is 42.8. The van der Waals surface area contributed by atoms with Crippen LogP contribution >= 0.6 is 0 Å². The molecule has 19 heteroatoms. The molecule has 0 aromatic heterocycles. The Morgan fingerprint density at radius 2 is 1.84 bits per heavy atom. The fourth-order valence-corrected chi connectivity index (χ4v) is 4.92. The van der Waals surface area contributed by atoms with Crippen LogP contribution < -0.4 is 10.8 Å². The third kappa shape index (κ3) is 8.09. The van der Waals surface area contributed by atoms with Gasteiger partial charge in [0.05, 0.1) is 25.9 Å². The summed E-state index contributed by atoms with van der Waals surface area (Å²) in [6, 6.07) is -1.57. The Hall–Kier alpha value is -2.29. The van der Waals surface area contributed by atoms with E-state index in [0.29, 0.717) is 30.6 Å². The van der Waals surface area contributed by atoms with Crippen molar-refractivity contribution in [1.29, 1.82) is 0 Å². The zero-order valence-electron chi connectivity index (χ0n) is 19.4. The molecule has 4 atom stereocenters. The molecule has 0 aliphatic carbocycles. The number of morpholine rings is 1. The van der Waals surface area contributed by atoms with E-state index in [4.69, 9.17) is 24.0 Å². The molecule has 4 N–H and O–H groups in total. The van der Waals surface area contributed by atoms with Crippen LogP contribution in [0, 0.1) is 0 Å². The fourth-order valence-electron chi connectivity index (χ4n) is 4.53. The van der Waals surface area contributed by atoms with Crippen LogP contribution in [0.3, 0.4) is 0 Å². The highest BCUT2D eigenvalue weighted by atomic mass is 32.3. The minimum atomic E-state index is -5.08. The number of carboxylic acids is 1. The Kier molecular flexibility index (Phi) is 9.53. The average molecular weight is 564 g/mol. The number of rotatable bonds is 7. The Labute approximate surface area is 209 Å². The second kappa shape index (κ2) is 12.0. The number of amides is 3. The number of carboxylic acid groups (broad SMARTS) is 1. The quantitative estimate of drug-likeness (QED) is 0.213. The highest BCUT2D eigenvalue weighted by Gasteiger charge is 2.49. The molecule has 4 saturated heterocycles. The van der Waals surface area contributed by atoms with E-state index in [1.165, 1.54) is 4.90 Å². The largest absolute Gasteiger partial charge is 0.490 e. The zero-order valence-corrected chi connectivity index (χ0v) is 20.2. The van der Waals surface area contributed by atoms with E-state index in [0.717, 1.165) is 39.3 Å². The molecule has 3 amide bonds. The molecule has 0 unspecified atom stereocenters. The van der Waals surface area contributed by atoms with E-state index >= 15 is 0 Å². The van der Waals surface area contributed by atoms with Gasteiger partial charge in [-0.15, -0.1) is 4.28 Å². The number of piperidine rings is 1. The third-order valence-electron chi connectivity index (χ3n) is 6.26. The van der Waals surface area contributed by atoms with Crippen LogP contribution in [-0.4, -0.2) is 127 Å². The van der Waals surface area contributed by atoms with Crippen molar-refractivity contribution in [2.45, 2.75) is 49.6 Å². The Balaban J connectivity index is 0.000000479. The van der Waals surface area contributed by atoms with Crippen molar-refractivity contribution in [3.05, 3.63) is 0 Å². The molecule has 2 bridgehead atoms. The molecule has 4 aliphatic rings. The van der Waals surface area contributed by atoms with Crippen molar-refractivity contribution in [3.8, 4) is 0 Å². The van der Waals surface area contributed by atoms with Crippen molar-refractivity contribution in [1.82, 2.24) is 25.7 Å². The van der Waals surface area contributed by atoms with Gasteiger partial charge in [-0.25, -0.2) is 15.1 Å². The number of urea groups is 1. The lowest BCUT2D eigenvalue weighted by atomic mass is 10.0. The zero-order chi connectivity index (χ0) is 27.4. The summed E-state index contributed by atoms with van der Waals surface area (Å²) in [6.45, 7) is 4.63. The summed E-state index contributed by atoms with van der Waals surface area (Å²) in [5, 5.41) is 11.1. The number of alkyl halides is 3. The lowest BCUT2D eigenvalue weighted by molar-refractivity contribution is -0.192. The fraction of sp³-hybridized carbons (Fsp3) is 0.833. The van der Waals surface area contributed by atoms with Gasteiger partial charge < -0.3 is 20.1 Å². The number of fused-ring (bicyclic) bond motifs is 2. The first-order valence-electron chi connectivity index (χ1n) is 11.3. The first-order chi connectivity index (χ1) is 17.3. The van der Waals surface area contributed by atoms with Crippen molar-refractivity contribution in [2.75, 3.05) is 46.0 Å². The highest BCUT2D eigenvalue weighted by Crippen LogP contribution is 2.30. The van der Waals surface area contributed by atoms with Gasteiger partial charge in [0.25, 0.3) is 5.91 Å². The van der Waals surface area contributed by atoms with Crippen LogP contribution in [0.4, 0.5) is 18.0 Å². The van der Waals surface area contributed by atoms with Gasteiger partial charge in [0.1, 0.15) is 6.04 Å². The molecule has 0 radical (unpaired) electrons. The minimum absolute atomic E-state index is 0.112. The average Bonchev–Trinajstić information content (AvgIpc) is 3.38. The van der Waals surface area contributed by atoms with E-state index in [-0.39, 0.29) is 12.6 Å². The molecule has 0 aromatic rings. The monoisotopic (exact) mass is 563 g/mol. The summed E-state index contributed by atoms with van der Waals surface area (Å²) in [5.41, 5.74) is 2.41. The summed E-state index contributed by atoms with van der Waals surface area (Å²) < 4.78 is 72.2. The molecule has 4 aliphatic heterocycles. The normalized spacial score (nSPS) is 28.6. The number of ether oxygens (including phenoxy) is 1. The predicted octanol–water partition coefficient (Wildman–Crippen LogP) is -1.27. The van der Waals surface area contributed by atoms with Gasteiger partial charge in [-0.3, -0.25) is 19.1 Å². The maximum atomic E-state index is 12.5. The number of halogens is 3. The van der Waals surface area contributed by atoms with Gasteiger partial charge in [-0.05, 0) is 19.3 Å². The van der Waals surface area contributed by atoms with Crippen LogP contribution in [-0.2, 0) is 33.8 Å². The number of carbonyl (C=O) groups excluding carboxylic acids is 2. The number of nitrogens with one attached hydrogen (secondary N) is 2. The maximum Gasteiger partial charge on any atom is 0.490 e. The maximum absolute atomic E-state index is 12.5. The van der Waals surface area contributed by atoms with Crippen molar-refractivity contribution in [2.24, 2.45) is 0 Å². The van der Waals surface area contributed by atoms with E-state index in [1.54, 1.807) is 0 Å². The van der Waals surface area contributed by atoms with Crippen molar-refractivity contribution in [3.63, 3.8) is 0 Å².